The van der Waals surface area contributed by atoms with Crippen LogP contribution in [0.3, 0.4) is 0 Å². The molecule has 1 aliphatic heterocycles. The minimum absolute atomic E-state index is 0.157. The molecule has 0 bridgehead atoms. The molecule has 150 valence electrons. The Balaban J connectivity index is 1.89. The first-order chi connectivity index (χ1) is 12.2. The average molecular weight is 396 g/mol. The maximum Gasteiger partial charge on any atom is 0.341 e. The first-order valence-corrected chi connectivity index (χ1v) is 9.98. The number of aliphatic hydroxyl groups is 2. The molecule has 12 heteroatoms. The van der Waals surface area contributed by atoms with Gasteiger partial charge in [0.25, 0.3) is 0 Å². The highest BCUT2D eigenvalue weighted by molar-refractivity contribution is 7.54. The predicted molar refractivity (Wildman–Crippen MR) is 87.1 cm³/mol. The number of rotatable bonds is 11. The fourth-order valence-corrected chi connectivity index (χ4v) is 3.87. The topological polar surface area (TPSA) is 153 Å². The standard InChI is InChI=1S/C14H25N2O9P/c1-3-22-11(17)6-15-26(21,16-7-12(18)23-4-2)24-8-9-13(19)14(20)5-10(14)25-9/h9-10,13,19-20H,3-8H2,1-2H3,(H2,15,16,21)/t9-,10+,13?,14?/m1/s1. The molecule has 1 saturated carbocycles. The zero-order valence-electron chi connectivity index (χ0n) is 14.7. The van der Waals surface area contributed by atoms with Crippen molar-refractivity contribution in [1.82, 2.24) is 10.2 Å². The lowest BCUT2D eigenvalue weighted by Crippen LogP contribution is -2.39. The van der Waals surface area contributed by atoms with E-state index in [0.29, 0.717) is 6.42 Å². The quantitative estimate of drug-likeness (QED) is 0.243. The molecular weight excluding hydrogens is 371 g/mol. The molecule has 1 heterocycles. The summed E-state index contributed by atoms with van der Waals surface area (Å²) in [5.74, 6) is -1.30. The Morgan fingerprint density at radius 2 is 1.73 bits per heavy atom. The van der Waals surface area contributed by atoms with Crippen molar-refractivity contribution in [2.45, 2.75) is 44.2 Å². The van der Waals surface area contributed by atoms with Gasteiger partial charge < -0.3 is 28.9 Å². The number of nitrogens with one attached hydrogen (secondary N) is 2. The van der Waals surface area contributed by atoms with Gasteiger partial charge >= 0.3 is 19.6 Å². The number of carbonyl (C=O) groups is 2. The molecule has 1 saturated heterocycles. The summed E-state index contributed by atoms with van der Waals surface area (Å²) in [6.45, 7) is 2.42. The molecule has 0 aromatic heterocycles. The van der Waals surface area contributed by atoms with Gasteiger partial charge in [-0.1, -0.05) is 0 Å². The SMILES string of the molecule is CCOC(=O)CNP(=O)(NCC(=O)OCC)OC[C@H]1O[C@H]2CC2(O)C1O. The second kappa shape index (κ2) is 8.75. The van der Waals surface area contributed by atoms with E-state index in [2.05, 4.69) is 10.2 Å². The summed E-state index contributed by atoms with van der Waals surface area (Å²) in [5.41, 5.74) is -1.28. The Morgan fingerprint density at radius 3 is 2.15 bits per heavy atom. The number of ether oxygens (including phenoxy) is 3. The Kier molecular flexibility index (Phi) is 7.14. The molecule has 4 atom stereocenters. The van der Waals surface area contributed by atoms with Gasteiger partial charge in [-0.15, -0.1) is 0 Å². The summed E-state index contributed by atoms with van der Waals surface area (Å²) < 4.78 is 32.9. The largest absolute Gasteiger partial charge is 0.465 e. The molecule has 1 aliphatic carbocycles. The average Bonchev–Trinajstić information content (AvgIpc) is 3.19. The summed E-state index contributed by atoms with van der Waals surface area (Å²) in [4.78, 5) is 22.9. The molecular formula is C14H25N2O9P. The van der Waals surface area contributed by atoms with Crippen molar-refractivity contribution >= 4 is 19.6 Å². The van der Waals surface area contributed by atoms with Crippen LogP contribution in [0.1, 0.15) is 20.3 Å². The van der Waals surface area contributed by atoms with Crippen LogP contribution in [0.5, 0.6) is 0 Å². The summed E-state index contributed by atoms with van der Waals surface area (Å²) in [5, 5.41) is 24.7. The van der Waals surface area contributed by atoms with Crippen molar-refractivity contribution < 1.29 is 43.1 Å². The van der Waals surface area contributed by atoms with Crippen LogP contribution in [0.2, 0.25) is 0 Å². The molecule has 0 amide bonds. The van der Waals surface area contributed by atoms with E-state index in [4.69, 9.17) is 18.7 Å². The van der Waals surface area contributed by atoms with Crippen molar-refractivity contribution in [1.29, 1.82) is 0 Å². The molecule has 11 nitrogen and oxygen atoms in total. The van der Waals surface area contributed by atoms with Crippen LogP contribution in [-0.4, -0.2) is 79.0 Å². The van der Waals surface area contributed by atoms with E-state index in [1.165, 1.54) is 0 Å². The Bertz CT molecular complexity index is 549. The van der Waals surface area contributed by atoms with E-state index in [1.54, 1.807) is 13.8 Å². The fraction of sp³-hybridized carbons (Fsp3) is 0.857. The van der Waals surface area contributed by atoms with E-state index in [9.17, 15) is 24.4 Å². The summed E-state index contributed by atoms with van der Waals surface area (Å²) in [6, 6.07) is 0. The minimum Gasteiger partial charge on any atom is -0.465 e. The third-order valence-electron chi connectivity index (χ3n) is 4.01. The lowest BCUT2D eigenvalue weighted by atomic mass is 10.1. The molecule has 0 spiro atoms. The van der Waals surface area contributed by atoms with E-state index in [1.807, 2.05) is 0 Å². The first kappa shape index (κ1) is 21.2. The number of fused-ring (bicyclic) bond motifs is 1. The molecule has 2 rings (SSSR count). The van der Waals surface area contributed by atoms with Gasteiger partial charge in [-0.3, -0.25) is 14.2 Å². The van der Waals surface area contributed by atoms with Gasteiger partial charge in [0.15, 0.2) is 0 Å². The highest BCUT2D eigenvalue weighted by Crippen LogP contribution is 2.50. The summed E-state index contributed by atoms with van der Waals surface area (Å²) in [7, 11) is -3.85. The number of hydrogen-bond acceptors (Lipinski definition) is 9. The zero-order valence-corrected chi connectivity index (χ0v) is 15.6. The lowest BCUT2D eigenvalue weighted by molar-refractivity contribution is -0.142. The van der Waals surface area contributed by atoms with Crippen molar-refractivity contribution in [3.05, 3.63) is 0 Å². The van der Waals surface area contributed by atoms with Gasteiger partial charge in [0.2, 0.25) is 0 Å². The molecule has 0 radical (unpaired) electrons. The molecule has 2 unspecified atom stereocenters. The number of carbonyl (C=O) groups excluding carboxylic acids is 2. The van der Waals surface area contributed by atoms with Gasteiger partial charge in [-0.2, -0.15) is 0 Å². The van der Waals surface area contributed by atoms with E-state index in [-0.39, 0.29) is 19.8 Å². The van der Waals surface area contributed by atoms with Crippen molar-refractivity contribution in [2.24, 2.45) is 0 Å². The van der Waals surface area contributed by atoms with Crippen molar-refractivity contribution in [3.8, 4) is 0 Å². The van der Waals surface area contributed by atoms with Crippen LogP contribution < -0.4 is 10.2 Å². The number of aliphatic hydroxyl groups excluding tert-OH is 1. The third-order valence-corrected chi connectivity index (χ3v) is 5.67. The highest BCUT2D eigenvalue weighted by Gasteiger charge is 2.67. The van der Waals surface area contributed by atoms with Crippen LogP contribution in [0, 0.1) is 0 Å². The molecule has 0 aromatic carbocycles. The monoisotopic (exact) mass is 396 g/mol. The Labute approximate surface area is 150 Å². The van der Waals surface area contributed by atoms with E-state index >= 15 is 0 Å². The summed E-state index contributed by atoms with van der Waals surface area (Å²) >= 11 is 0. The second-order valence-corrected chi connectivity index (χ2v) is 7.92. The highest BCUT2D eigenvalue weighted by atomic mass is 31.2. The van der Waals surface area contributed by atoms with E-state index < -0.39 is 56.6 Å². The fourth-order valence-electron chi connectivity index (χ4n) is 2.54. The van der Waals surface area contributed by atoms with Crippen LogP contribution in [0.4, 0.5) is 0 Å². The Hall–Kier alpha value is -1.07. The second-order valence-electron chi connectivity index (χ2n) is 5.93. The molecule has 0 aromatic rings. The Morgan fingerprint density at radius 1 is 1.19 bits per heavy atom. The van der Waals surface area contributed by atoms with Crippen LogP contribution in [-0.2, 0) is 32.9 Å². The first-order valence-electron chi connectivity index (χ1n) is 8.36. The van der Waals surface area contributed by atoms with Crippen molar-refractivity contribution in [3.63, 3.8) is 0 Å². The number of hydrogen-bond donors (Lipinski definition) is 4. The van der Waals surface area contributed by atoms with E-state index in [0.717, 1.165) is 0 Å². The minimum atomic E-state index is -3.85. The zero-order chi connectivity index (χ0) is 19.4. The lowest BCUT2D eigenvalue weighted by Gasteiger charge is -2.24. The molecule has 2 aliphatic rings. The normalized spacial score (nSPS) is 29.9. The van der Waals surface area contributed by atoms with Gasteiger partial charge in [0, 0.05) is 6.42 Å². The molecule has 26 heavy (non-hydrogen) atoms. The van der Waals surface area contributed by atoms with Crippen molar-refractivity contribution in [2.75, 3.05) is 32.9 Å². The predicted octanol–water partition coefficient (Wildman–Crippen LogP) is -1.32. The van der Waals surface area contributed by atoms with Gasteiger partial charge in [0.05, 0.1) is 25.9 Å². The maximum absolute atomic E-state index is 12.8. The molecule has 2 fully saturated rings. The third kappa shape index (κ3) is 5.23. The molecule has 4 N–H and O–H groups in total. The smallest absolute Gasteiger partial charge is 0.341 e. The van der Waals surface area contributed by atoms with Gasteiger partial charge in [-0.05, 0) is 13.8 Å². The number of esters is 2. The maximum atomic E-state index is 12.8. The van der Waals surface area contributed by atoms with Gasteiger partial charge in [-0.25, -0.2) is 10.2 Å². The van der Waals surface area contributed by atoms with Crippen LogP contribution >= 0.6 is 7.67 Å². The van der Waals surface area contributed by atoms with Crippen LogP contribution in [0.25, 0.3) is 0 Å². The summed E-state index contributed by atoms with van der Waals surface area (Å²) in [6.07, 6.45) is -2.17. The van der Waals surface area contributed by atoms with Gasteiger partial charge in [0.1, 0.15) is 30.9 Å². The van der Waals surface area contributed by atoms with Crippen LogP contribution in [0.15, 0.2) is 0 Å².